The van der Waals surface area contributed by atoms with Gasteiger partial charge < -0.3 is 4.74 Å². The molecule has 0 unspecified atom stereocenters. The van der Waals surface area contributed by atoms with Crippen LogP contribution in [-0.2, 0) is 33.1 Å². The van der Waals surface area contributed by atoms with Crippen LogP contribution >= 0.6 is 0 Å². The molecule has 0 bridgehead atoms. The van der Waals surface area contributed by atoms with Gasteiger partial charge in [-0.05, 0) is 55.0 Å². The van der Waals surface area contributed by atoms with Crippen LogP contribution in [0.4, 0.5) is 0 Å². The van der Waals surface area contributed by atoms with E-state index in [9.17, 15) is 25.9 Å². The van der Waals surface area contributed by atoms with Crippen molar-refractivity contribution in [3.05, 3.63) is 47.5 Å². The van der Waals surface area contributed by atoms with Gasteiger partial charge in [0.2, 0.25) is 0 Å². The van der Waals surface area contributed by atoms with Crippen molar-refractivity contribution in [1.29, 1.82) is 0 Å². The molecule has 304 valence electrons. The minimum absolute atomic E-state index is 0.0545. The number of para-hydroxylation sites is 1. The van der Waals surface area contributed by atoms with Crippen molar-refractivity contribution in [2.75, 3.05) is 0 Å². The van der Waals surface area contributed by atoms with Gasteiger partial charge in [0, 0.05) is 0 Å². The van der Waals surface area contributed by atoms with Crippen LogP contribution in [0.3, 0.4) is 0 Å². The largest absolute Gasteiger partial charge is 0.454 e. The smallest absolute Gasteiger partial charge is 0.298 e. The molecule has 7 nitrogen and oxygen atoms in total. The molecule has 0 fully saturated rings. The number of aryl methyl sites for hydroxylation is 1. The van der Waals surface area contributed by atoms with Gasteiger partial charge >= 0.3 is 0 Å². The van der Waals surface area contributed by atoms with E-state index in [-0.39, 0.29) is 11.5 Å². The summed E-state index contributed by atoms with van der Waals surface area (Å²) in [5.41, 5.74) is 1.63. The van der Waals surface area contributed by atoms with Gasteiger partial charge in [0.05, 0.1) is 0 Å². The third-order valence-corrected chi connectivity index (χ3v) is 12.3. The molecule has 53 heavy (non-hydrogen) atoms. The molecule has 0 aliphatic rings. The van der Waals surface area contributed by atoms with Gasteiger partial charge in [-0.25, -0.2) is 0 Å². The van der Waals surface area contributed by atoms with Gasteiger partial charge in [0.1, 0.15) is 15.5 Å². The van der Waals surface area contributed by atoms with Gasteiger partial charge in [0.15, 0.2) is 5.75 Å². The lowest BCUT2D eigenvalue weighted by Gasteiger charge is -2.19. The average Bonchev–Trinajstić information content (AvgIpc) is 3.12. The van der Waals surface area contributed by atoms with Gasteiger partial charge in [-0.1, -0.05) is 199 Å². The Bertz CT molecular complexity index is 1450. The molecule has 0 amide bonds. The fraction of sp³-hybridized carbons (Fsp3) is 0.727. The minimum Gasteiger partial charge on any atom is -0.454 e. The molecule has 0 saturated carbocycles. The van der Waals surface area contributed by atoms with Crippen LogP contribution in [0, 0.1) is 0 Å². The first-order valence-electron chi connectivity index (χ1n) is 21.5. The molecule has 2 rings (SSSR count). The Balaban J connectivity index is 1.99. The summed E-state index contributed by atoms with van der Waals surface area (Å²) in [6.45, 7) is 4.51. The average molecular weight is 779 g/mol. The Hall–Kier alpha value is -1.94. The third kappa shape index (κ3) is 21.1. The lowest BCUT2D eigenvalue weighted by Crippen LogP contribution is -2.08. The number of unbranched alkanes of at least 4 members (excludes halogenated alkanes) is 26. The summed E-state index contributed by atoms with van der Waals surface area (Å²) in [7, 11) is -9.33. The Morgan fingerprint density at radius 1 is 0.434 bits per heavy atom. The van der Waals surface area contributed by atoms with Crippen molar-refractivity contribution >= 4 is 20.2 Å². The van der Waals surface area contributed by atoms with E-state index >= 15 is 0 Å². The van der Waals surface area contributed by atoms with Crippen LogP contribution in [0.1, 0.15) is 205 Å². The fourth-order valence-electron chi connectivity index (χ4n) is 7.33. The molecular weight excluding hydrogens is 705 g/mol. The van der Waals surface area contributed by atoms with E-state index in [1.54, 1.807) is 12.1 Å². The number of benzene rings is 2. The van der Waals surface area contributed by atoms with Crippen LogP contribution in [0.5, 0.6) is 11.5 Å². The molecule has 0 aromatic heterocycles. The summed E-state index contributed by atoms with van der Waals surface area (Å²) in [4.78, 5) is -0.853. The molecule has 2 aromatic carbocycles. The quantitative estimate of drug-likeness (QED) is 0.0536. The van der Waals surface area contributed by atoms with Crippen molar-refractivity contribution in [1.82, 2.24) is 0 Å². The van der Waals surface area contributed by atoms with E-state index in [1.165, 1.54) is 166 Å². The van der Waals surface area contributed by atoms with E-state index in [0.717, 1.165) is 50.5 Å². The summed E-state index contributed by atoms with van der Waals surface area (Å²) in [5, 5.41) is 0. The summed E-state index contributed by atoms with van der Waals surface area (Å²) >= 11 is 0. The third-order valence-electron chi connectivity index (χ3n) is 10.5. The highest BCUT2D eigenvalue weighted by atomic mass is 32.2. The highest BCUT2D eigenvalue weighted by Crippen LogP contribution is 2.38. The first-order chi connectivity index (χ1) is 25.6. The standard InChI is InChI=1S/C44H74O7S2/c1-3-5-7-9-11-13-15-17-19-21-23-25-27-29-33-39-37-38-43(53(48,49)50)44(51-41-35-31-32-36-42(41)52(45,46)47)40(39)34-30-28-26-24-22-20-18-16-14-12-10-8-6-4-2/h31-32,35-38H,3-30,33-34H2,1-2H3,(H,45,46,47)(H,48,49,50). The number of hydrogen-bond acceptors (Lipinski definition) is 5. The van der Waals surface area contributed by atoms with E-state index in [0.29, 0.717) is 12.0 Å². The van der Waals surface area contributed by atoms with Crippen LogP contribution in [-0.4, -0.2) is 25.9 Å². The molecule has 9 heteroatoms. The molecule has 0 spiro atoms. The van der Waals surface area contributed by atoms with Gasteiger partial charge in [-0.3, -0.25) is 9.11 Å². The van der Waals surface area contributed by atoms with Crippen molar-refractivity contribution < 1.29 is 30.7 Å². The summed E-state index contributed by atoms with van der Waals surface area (Å²) < 4.78 is 75.7. The molecule has 2 aromatic rings. The maximum atomic E-state index is 12.6. The first kappa shape index (κ1) is 47.2. The zero-order valence-corrected chi connectivity index (χ0v) is 35.1. The minimum atomic E-state index is -4.69. The normalized spacial score (nSPS) is 12.1. The van der Waals surface area contributed by atoms with Crippen molar-refractivity contribution in [3.8, 4) is 11.5 Å². The molecule has 0 heterocycles. The van der Waals surface area contributed by atoms with Crippen LogP contribution < -0.4 is 4.74 Å². The van der Waals surface area contributed by atoms with E-state index in [1.807, 2.05) is 0 Å². The molecule has 0 atom stereocenters. The predicted molar refractivity (Wildman–Crippen MR) is 221 cm³/mol. The summed E-state index contributed by atoms with van der Waals surface area (Å²) in [6.07, 6.45) is 36.2. The van der Waals surface area contributed by atoms with Crippen LogP contribution in [0.25, 0.3) is 0 Å². The Morgan fingerprint density at radius 3 is 1.19 bits per heavy atom. The highest BCUT2D eigenvalue weighted by molar-refractivity contribution is 7.86. The van der Waals surface area contributed by atoms with Gasteiger partial charge in [-0.2, -0.15) is 16.8 Å². The lowest BCUT2D eigenvalue weighted by atomic mass is 9.95. The van der Waals surface area contributed by atoms with Gasteiger partial charge in [-0.15, -0.1) is 0 Å². The van der Waals surface area contributed by atoms with E-state index in [2.05, 4.69) is 13.8 Å². The van der Waals surface area contributed by atoms with Crippen LogP contribution in [0.15, 0.2) is 46.2 Å². The summed E-state index contributed by atoms with van der Waals surface area (Å²) in [5.74, 6) is -0.239. The Morgan fingerprint density at radius 2 is 0.792 bits per heavy atom. The molecule has 0 aliphatic carbocycles. The maximum Gasteiger partial charge on any atom is 0.298 e. The second-order valence-corrected chi connectivity index (χ2v) is 18.0. The zero-order valence-electron chi connectivity index (χ0n) is 33.4. The fourth-order valence-corrected chi connectivity index (χ4v) is 8.59. The topological polar surface area (TPSA) is 118 Å². The van der Waals surface area contributed by atoms with Gasteiger partial charge in [0.25, 0.3) is 20.2 Å². The maximum absolute atomic E-state index is 12.6. The van der Waals surface area contributed by atoms with E-state index in [4.69, 9.17) is 4.74 Å². The Kier molecular flexibility index (Phi) is 25.4. The van der Waals surface area contributed by atoms with Crippen molar-refractivity contribution in [2.24, 2.45) is 0 Å². The SMILES string of the molecule is CCCCCCCCCCCCCCCCc1ccc(S(=O)(=O)O)c(Oc2ccccc2S(=O)(=O)O)c1CCCCCCCCCCCCCCCC. The predicted octanol–water partition coefficient (Wildman–Crippen LogP) is 14.0. The van der Waals surface area contributed by atoms with E-state index < -0.39 is 30.0 Å². The van der Waals surface area contributed by atoms with Crippen LogP contribution in [0.2, 0.25) is 0 Å². The highest BCUT2D eigenvalue weighted by Gasteiger charge is 2.25. The lowest BCUT2D eigenvalue weighted by molar-refractivity contribution is 0.427. The number of ether oxygens (including phenoxy) is 1. The first-order valence-corrected chi connectivity index (χ1v) is 24.3. The zero-order chi connectivity index (χ0) is 38.6. The number of rotatable bonds is 34. The number of hydrogen-bond donors (Lipinski definition) is 2. The molecular formula is C44H74O7S2. The second-order valence-electron chi connectivity index (χ2n) is 15.2. The molecule has 0 radical (unpaired) electrons. The molecule has 2 N–H and O–H groups in total. The molecule has 0 saturated heterocycles. The monoisotopic (exact) mass is 778 g/mol. The second kappa shape index (κ2) is 28.5. The summed E-state index contributed by atoms with van der Waals surface area (Å²) in [6, 6.07) is 8.74. The van der Waals surface area contributed by atoms with Crippen molar-refractivity contribution in [2.45, 2.75) is 216 Å². The Labute approximate surface area is 325 Å². The van der Waals surface area contributed by atoms with Crippen molar-refractivity contribution in [3.63, 3.8) is 0 Å². The molecule has 0 aliphatic heterocycles.